The van der Waals surface area contributed by atoms with Crippen LogP contribution < -0.4 is 9.62 Å². The van der Waals surface area contributed by atoms with Crippen molar-refractivity contribution in [3.05, 3.63) is 64.7 Å². The van der Waals surface area contributed by atoms with Crippen molar-refractivity contribution < 1.29 is 18.0 Å². The summed E-state index contributed by atoms with van der Waals surface area (Å²) >= 11 is 6.04. The number of benzene rings is 2. The molecule has 1 saturated carbocycles. The molecule has 202 valence electrons. The maximum atomic E-state index is 13.5. The summed E-state index contributed by atoms with van der Waals surface area (Å²) in [7, 11) is -3.53. The lowest BCUT2D eigenvalue weighted by molar-refractivity contribution is -0.141. The molecule has 9 heteroatoms. The Labute approximate surface area is 226 Å². The fraction of sp³-hybridized carbons (Fsp3) is 0.500. The molecule has 0 saturated heterocycles. The molecule has 0 radical (unpaired) electrons. The first-order valence-corrected chi connectivity index (χ1v) is 15.2. The summed E-state index contributed by atoms with van der Waals surface area (Å²) in [6.07, 6.45) is 6.25. The van der Waals surface area contributed by atoms with E-state index in [0.29, 0.717) is 23.6 Å². The Kier molecular flexibility index (Phi) is 10.4. The van der Waals surface area contributed by atoms with Gasteiger partial charge in [-0.1, -0.05) is 61.7 Å². The lowest BCUT2D eigenvalue weighted by Crippen LogP contribution is -2.51. The summed E-state index contributed by atoms with van der Waals surface area (Å²) in [5.41, 5.74) is 2.33. The number of anilines is 1. The summed E-state index contributed by atoms with van der Waals surface area (Å²) in [4.78, 5) is 28.4. The van der Waals surface area contributed by atoms with Crippen molar-refractivity contribution in [3.63, 3.8) is 0 Å². The van der Waals surface area contributed by atoms with Crippen LogP contribution in [0.25, 0.3) is 0 Å². The number of halogens is 1. The smallest absolute Gasteiger partial charge is 0.243 e. The van der Waals surface area contributed by atoms with E-state index >= 15 is 0 Å². The minimum absolute atomic E-state index is 0.124. The Bertz CT molecular complexity index is 1160. The van der Waals surface area contributed by atoms with Gasteiger partial charge in [0.25, 0.3) is 0 Å². The first-order chi connectivity index (χ1) is 17.6. The second-order valence-corrected chi connectivity index (χ2v) is 12.1. The molecule has 1 fully saturated rings. The number of sulfonamides is 1. The fourth-order valence-corrected chi connectivity index (χ4v) is 6.05. The first kappa shape index (κ1) is 29.0. The molecule has 3 rings (SSSR count). The van der Waals surface area contributed by atoms with Gasteiger partial charge in [0.2, 0.25) is 21.8 Å². The van der Waals surface area contributed by atoms with E-state index in [9.17, 15) is 18.0 Å². The Morgan fingerprint density at radius 1 is 1.08 bits per heavy atom. The van der Waals surface area contributed by atoms with Crippen LogP contribution in [0.4, 0.5) is 5.69 Å². The van der Waals surface area contributed by atoms with Crippen molar-refractivity contribution in [3.8, 4) is 0 Å². The van der Waals surface area contributed by atoms with Gasteiger partial charge < -0.3 is 10.2 Å². The predicted octanol–water partition coefficient (Wildman–Crippen LogP) is 5.06. The van der Waals surface area contributed by atoms with Crippen LogP contribution in [0.1, 0.15) is 63.0 Å². The van der Waals surface area contributed by atoms with Crippen molar-refractivity contribution in [2.24, 2.45) is 0 Å². The van der Waals surface area contributed by atoms with E-state index in [0.717, 1.165) is 36.8 Å². The summed E-state index contributed by atoms with van der Waals surface area (Å²) in [6.45, 7) is 4.22. The molecule has 2 aromatic rings. The van der Waals surface area contributed by atoms with Crippen LogP contribution in [0, 0.1) is 6.92 Å². The van der Waals surface area contributed by atoms with E-state index < -0.39 is 16.1 Å². The number of carbonyl (C=O) groups is 2. The quantitative estimate of drug-likeness (QED) is 0.402. The van der Waals surface area contributed by atoms with Gasteiger partial charge in [-0.15, -0.1) is 0 Å². The molecule has 1 aliphatic rings. The van der Waals surface area contributed by atoms with Gasteiger partial charge in [0.15, 0.2) is 0 Å². The third kappa shape index (κ3) is 8.20. The summed E-state index contributed by atoms with van der Waals surface area (Å²) in [6, 6.07) is 14.1. The fourth-order valence-electron chi connectivity index (χ4n) is 4.90. The van der Waals surface area contributed by atoms with E-state index in [4.69, 9.17) is 11.6 Å². The molecule has 1 unspecified atom stereocenters. The van der Waals surface area contributed by atoms with E-state index in [1.54, 1.807) is 29.2 Å². The lowest BCUT2D eigenvalue weighted by atomic mass is 10.1. The highest BCUT2D eigenvalue weighted by Crippen LogP contribution is 2.24. The number of amides is 2. The average Bonchev–Trinajstić information content (AvgIpc) is 3.36. The highest BCUT2D eigenvalue weighted by atomic mass is 35.5. The molecule has 0 aliphatic heterocycles. The first-order valence-electron chi connectivity index (χ1n) is 13.0. The van der Waals surface area contributed by atoms with Crippen LogP contribution in [0.2, 0.25) is 5.02 Å². The van der Waals surface area contributed by atoms with Crippen LogP contribution in [-0.4, -0.2) is 50.0 Å². The van der Waals surface area contributed by atoms with Crippen LogP contribution in [0.15, 0.2) is 48.5 Å². The second kappa shape index (κ2) is 13.3. The van der Waals surface area contributed by atoms with E-state index in [-0.39, 0.29) is 37.4 Å². The third-order valence-electron chi connectivity index (χ3n) is 6.89. The van der Waals surface area contributed by atoms with Crippen molar-refractivity contribution in [2.75, 3.05) is 17.1 Å². The summed E-state index contributed by atoms with van der Waals surface area (Å²) in [5.74, 6) is -0.309. The Balaban J connectivity index is 1.76. The number of nitrogens with zero attached hydrogens (tertiary/aromatic N) is 2. The molecule has 37 heavy (non-hydrogen) atoms. The maximum absolute atomic E-state index is 13.5. The van der Waals surface area contributed by atoms with E-state index in [2.05, 4.69) is 5.32 Å². The SMILES string of the molecule is CCC(C(=O)NC1CCCC1)N(Cc1ccc(Cl)cc1)C(=O)CCCN(c1ccccc1C)S(C)(=O)=O. The molecule has 0 bridgehead atoms. The summed E-state index contributed by atoms with van der Waals surface area (Å²) < 4.78 is 26.4. The zero-order valence-electron chi connectivity index (χ0n) is 22.0. The minimum Gasteiger partial charge on any atom is -0.352 e. The molecule has 7 nitrogen and oxygen atoms in total. The van der Waals surface area contributed by atoms with Crippen molar-refractivity contribution >= 4 is 39.1 Å². The molecule has 1 atom stereocenters. The zero-order valence-corrected chi connectivity index (χ0v) is 23.5. The van der Waals surface area contributed by atoms with E-state index in [1.165, 1.54) is 10.6 Å². The molecular weight excluding hydrogens is 510 g/mol. The number of aryl methyl sites for hydroxylation is 1. The van der Waals surface area contributed by atoms with Gasteiger partial charge in [0.05, 0.1) is 11.9 Å². The number of carbonyl (C=O) groups excluding carboxylic acids is 2. The van der Waals surface area contributed by atoms with Gasteiger partial charge in [-0.05, 0) is 61.9 Å². The summed E-state index contributed by atoms with van der Waals surface area (Å²) in [5, 5.41) is 3.74. The van der Waals surface area contributed by atoms with Gasteiger partial charge in [0.1, 0.15) is 6.04 Å². The average molecular weight is 548 g/mol. The predicted molar refractivity (Wildman–Crippen MR) is 149 cm³/mol. The van der Waals surface area contributed by atoms with Gasteiger partial charge in [-0.2, -0.15) is 0 Å². The van der Waals surface area contributed by atoms with Crippen molar-refractivity contribution in [2.45, 2.75) is 77.4 Å². The van der Waals surface area contributed by atoms with Gasteiger partial charge in [-0.25, -0.2) is 8.42 Å². The molecule has 2 amide bonds. The number of para-hydroxylation sites is 1. The Morgan fingerprint density at radius 3 is 2.32 bits per heavy atom. The topological polar surface area (TPSA) is 86.8 Å². The molecule has 1 N–H and O–H groups in total. The highest BCUT2D eigenvalue weighted by molar-refractivity contribution is 7.92. The normalized spacial score (nSPS) is 14.8. The largest absolute Gasteiger partial charge is 0.352 e. The van der Waals surface area contributed by atoms with Crippen molar-refractivity contribution in [1.82, 2.24) is 10.2 Å². The molecule has 2 aromatic carbocycles. The van der Waals surface area contributed by atoms with Crippen molar-refractivity contribution in [1.29, 1.82) is 0 Å². The molecule has 0 heterocycles. The van der Waals surface area contributed by atoms with Gasteiger partial charge >= 0.3 is 0 Å². The molecule has 0 spiro atoms. The maximum Gasteiger partial charge on any atom is 0.243 e. The molecule has 0 aromatic heterocycles. The Hall–Kier alpha value is -2.58. The zero-order chi connectivity index (χ0) is 27.0. The van der Waals surface area contributed by atoms with Gasteiger partial charge in [0, 0.05) is 30.6 Å². The van der Waals surface area contributed by atoms with Crippen LogP contribution in [0.5, 0.6) is 0 Å². The Morgan fingerprint density at radius 2 is 1.73 bits per heavy atom. The highest BCUT2D eigenvalue weighted by Gasteiger charge is 2.30. The van der Waals surface area contributed by atoms with Crippen LogP contribution >= 0.6 is 11.6 Å². The third-order valence-corrected chi connectivity index (χ3v) is 8.32. The van der Waals surface area contributed by atoms with Gasteiger partial charge in [-0.3, -0.25) is 13.9 Å². The number of hydrogen-bond acceptors (Lipinski definition) is 4. The standard InChI is InChI=1S/C28H38ClN3O4S/c1-4-25(28(34)30-24-11-6-7-12-24)31(20-22-15-17-23(29)18-16-22)27(33)14-9-19-32(37(3,35)36)26-13-8-5-10-21(26)2/h5,8,10,13,15-18,24-25H,4,6-7,9,11-12,14,19-20H2,1-3H3,(H,30,34). The lowest BCUT2D eigenvalue weighted by Gasteiger charge is -2.32. The number of hydrogen-bond donors (Lipinski definition) is 1. The minimum atomic E-state index is -3.53. The molecule has 1 aliphatic carbocycles. The molecular formula is C28H38ClN3O4S. The van der Waals surface area contributed by atoms with Crippen LogP contribution in [-0.2, 0) is 26.2 Å². The van der Waals surface area contributed by atoms with E-state index in [1.807, 2.05) is 38.1 Å². The van der Waals surface area contributed by atoms with Crippen LogP contribution in [0.3, 0.4) is 0 Å². The monoisotopic (exact) mass is 547 g/mol. The second-order valence-electron chi connectivity index (χ2n) is 9.79. The number of rotatable bonds is 12. The number of nitrogens with one attached hydrogen (secondary N) is 1.